The largest absolute Gasteiger partial charge is 0.443 e. The third kappa shape index (κ3) is 24.9. The van der Waals surface area contributed by atoms with Crippen molar-refractivity contribution in [1.82, 2.24) is 24.7 Å². The monoisotopic (exact) mass is 1290 g/mol. The minimum Gasteiger partial charge on any atom is -0.443 e. The van der Waals surface area contributed by atoms with Gasteiger partial charge in [0.15, 0.2) is 6.29 Å². The molecule has 0 aliphatic carbocycles. The molecule has 4 unspecified atom stereocenters. The van der Waals surface area contributed by atoms with Crippen LogP contribution in [0.1, 0.15) is 94.2 Å². The molecule has 18 nitrogen and oxygen atoms in total. The summed E-state index contributed by atoms with van der Waals surface area (Å²) in [5, 5.41) is 38.9. The van der Waals surface area contributed by atoms with Crippen LogP contribution in [0, 0.1) is 49.8 Å². The highest BCUT2D eigenvalue weighted by Gasteiger charge is 2.44. The van der Waals surface area contributed by atoms with Crippen molar-refractivity contribution in [2.24, 2.45) is 22.7 Å². The number of carbonyl (C=O) groups excluding carboxylic acids is 1. The number of fused-ring (bicyclic) bond motifs is 1. The van der Waals surface area contributed by atoms with Gasteiger partial charge < -0.3 is 30.0 Å². The highest BCUT2D eigenvalue weighted by Crippen LogP contribution is 2.34. The Bertz CT molecular complexity index is 3360. The van der Waals surface area contributed by atoms with Crippen LogP contribution in [0.15, 0.2) is 205 Å². The summed E-state index contributed by atoms with van der Waals surface area (Å²) in [6.45, 7) is 22.5. The zero-order valence-corrected chi connectivity index (χ0v) is 55.8. The summed E-state index contributed by atoms with van der Waals surface area (Å²) in [7, 11) is -3.81. The van der Waals surface area contributed by atoms with E-state index < -0.39 is 38.1 Å². The summed E-state index contributed by atoms with van der Waals surface area (Å²) in [5.74, 6) is 0.194. The van der Waals surface area contributed by atoms with Gasteiger partial charge in [-0.3, -0.25) is 30.0 Å². The van der Waals surface area contributed by atoms with Crippen LogP contribution < -0.4 is 10.6 Å². The van der Waals surface area contributed by atoms with Crippen molar-refractivity contribution in [2.75, 3.05) is 52.5 Å². The van der Waals surface area contributed by atoms with Crippen LogP contribution in [0.25, 0.3) is 0 Å². The maximum absolute atomic E-state index is 13.6. The van der Waals surface area contributed by atoms with E-state index in [4.69, 9.17) is 14.2 Å². The number of carbonyl (C=O) groups is 1. The molecule has 3 N–H and O–H groups in total. The first-order valence-electron chi connectivity index (χ1n) is 32.2. The fourth-order valence-corrected chi connectivity index (χ4v) is 13.1. The predicted octanol–water partition coefficient (Wildman–Crippen LogP) is 13.4. The van der Waals surface area contributed by atoms with Gasteiger partial charge in [-0.05, 0) is 102 Å². The predicted molar refractivity (Wildman–Crippen MR) is 365 cm³/mol. The fraction of sp³-hybridized carbons (Fsp3) is 0.419. The first-order chi connectivity index (χ1) is 44.5. The Morgan fingerprint density at radius 3 is 1.51 bits per heavy atom. The highest BCUT2D eigenvalue weighted by molar-refractivity contribution is 7.89. The van der Waals surface area contributed by atoms with E-state index in [0.717, 1.165) is 76.2 Å². The molecule has 7 aromatic carbocycles. The second-order valence-corrected chi connectivity index (χ2v) is 28.3. The Morgan fingerprint density at radius 2 is 1.06 bits per heavy atom. The van der Waals surface area contributed by atoms with Gasteiger partial charge in [-0.2, -0.15) is 4.31 Å². The van der Waals surface area contributed by atoms with Gasteiger partial charge in [0, 0.05) is 76.6 Å². The molecule has 2 heterocycles. The number of non-ortho nitro benzene ring substituents is 2. The Hall–Kier alpha value is -7.72. The summed E-state index contributed by atoms with van der Waals surface area (Å²) >= 11 is 0. The van der Waals surface area contributed by atoms with E-state index in [1.807, 2.05) is 87.5 Å². The summed E-state index contributed by atoms with van der Waals surface area (Å²) in [6, 6.07) is 62.9. The molecule has 2 fully saturated rings. The van der Waals surface area contributed by atoms with E-state index in [1.165, 1.54) is 63.0 Å². The molecule has 0 saturated carbocycles. The van der Waals surface area contributed by atoms with Gasteiger partial charge in [-0.25, -0.2) is 13.2 Å². The number of rotatable bonds is 31. The minimum absolute atomic E-state index is 0.00496. The van der Waals surface area contributed by atoms with Crippen molar-refractivity contribution in [3.8, 4) is 0 Å². The van der Waals surface area contributed by atoms with Crippen LogP contribution in [-0.4, -0.2) is 121 Å². The molecule has 0 bridgehead atoms. The summed E-state index contributed by atoms with van der Waals surface area (Å²) in [6.07, 6.45) is 1.14. The number of nitro benzene ring substituents is 2. The first-order valence-corrected chi connectivity index (χ1v) is 33.6. The molecule has 2 saturated heterocycles. The first kappa shape index (κ1) is 72.7. The number of alkyl carbamates (subject to hydrolysis) is 1. The molecule has 5 atom stereocenters. The zero-order valence-electron chi connectivity index (χ0n) is 55.0. The van der Waals surface area contributed by atoms with Crippen LogP contribution in [0.5, 0.6) is 0 Å². The molecule has 7 aromatic rings. The molecule has 9 rings (SSSR count). The van der Waals surface area contributed by atoms with E-state index in [-0.39, 0.29) is 51.3 Å². The molecule has 0 aromatic heterocycles. The number of aryl methyl sites for hydroxylation is 1. The van der Waals surface area contributed by atoms with Crippen molar-refractivity contribution < 1.29 is 42.4 Å². The number of sulfonamides is 1. The lowest BCUT2D eigenvalue weighted by Crippen LogP contribution is -2.50. The molecule has 2 aliphatic heterocycles. The molecule has 19 heteroatoms. The van der Waals surface area contributed by atoms with Crippen molar-refractivity contribution in [3.05, 3.63) is 254 Å². The number of hydrogen-bond donors (Lipinski definition) is 3. The number of aliphatic hydroxyl groups is 1. The molecule has 93 heavy (non-hydrogen) atoms. The summed E-state index contributed by atoms with van der Waals surface area (Å²) in [5.41, 5.74) is 6.87. The smallest absolute Gasteiger partial charge is 0.407 e. The van der Waals surface area contributed by atoms with Crippen molar-refractivity contribution in [1.29, 1.82) is 0 Å². The van der Waals surface area contributed by atoms with Crippen LogP contribution in [0.3, 0.4) is 0 Å². The standard InChI is InChI=1S/C37H49N3O5.C30H39N3O4S.C7H7NO2/c1-37(2,19-20-40(24-29-14-8-4-9-15-29)25-30-16-10-5-11-17-30)27-38-23-33(41)32(22-28-12-6-3-7-13-28)39-36(42)45-34-26-44-35-31(34)18-21-43-35;1-25(2)21-32(38(36,37)29-17-15-28(16-18-29)33(34)35)24-30(3,4)19-20-31(22-26-11-7-5-8-12-26)23-27-13-9-6-10-14-27;1-6-2-4-7(5-3-6)8(9)10/h3-17,31-35,38,41H,18-27H2,1-2H3,(H,39,42);5-18,25H,19-24H2,1-4H3;2-5H,1H3/t31?,32-,33?,34?,35?;;/m0../s1. The Labute approximate surface area is 550 Å². The van der Waals surface area contributed by atoms with Crippen LogP contribution >= 0.6 is 0 Å². The molecule has 0 radical (unpaired) electrons. The number of aliphatic hydroxyl groups excluding tert-OH is 1. The quantitative estimate of drug-likeness (QED) is 0.0272. The summed E-state index contributed by atoms with van der Waals surface area (Å²) < 4.78 is 45.7. The highest BCUT2D eigenvalue weighted by atomic mass is 32.2. The number of amides is 1. The van der Waals surface area contributed by atoms with Gasteiger partial charge in [-0.1, -0.05) is 211 Å². The van der Waals surface area contributed by atoms with E-state index >= 15 is 0 Å². The number of hydrogen-bond acceptors (Lipinski definition) is 14. The molecular formula is C74H95N7O11S. The normalized spacial score (nSPS) is 16.2. The minimum atomic E-state index is -3.81. The van der Waals surface area contributed by atoms with Crippen molar-refractivity contribution >= 4 is 27.5 Å². The average Bonchev–Trinajstić information content (AvgIpc) is 1.27. The topological polar surface area (TPSA) is 219 Å². The van der Waals surface area contributed by atoms with Gasteiger partial charge in [0.05, 0.1) is 46.0 Å². The molecule has 2 aliphatic rings. The van der Waals surface area contributed by atoms with Crippen molar-refractivity contribution in [2.45, 2.75) is 130 Å². The van der Waals surface area contributed by atoms with Crippen molar-refractivity contribution in [3.63, 3.8) is 0 Å². The Morgan fingerprint density at radius 1 is 0.634 bits per heavy atom. The lowest BCUT2D eigenvalue weighted by molar-refractivity contribution is -0.385. The Balaban J connectivity index is 0.000000231. The molecular weight excluding hydrogens is 1190 g/mol. The second kappa shape index (κ2) is 36.1. The van der Waals surface area contributed by atoms with Crippen LogP contribution in [0.2, 0.25) is 0 Å². The number of nitro groups is 2. The number of nitrogens with zero attached hydrogens (tertiary/aromatic N) is 5. The molecule has 1 amide bonds. The van der Waals surface area contributed by atoms with E-state index in [2.05, 4.69) is 133 Å². The second-order valence-electron chi connectivity index (χ2n) is 26.3. The maximum Gasteiger partial charge on any atom is 0.407 e. The van der Waals surface area contributed by atoms with Crippen LogP contribution in [0.4, 0.5) is 16.2 Å². The lowest BCUT2D eigenvalue weighted by atomic mass is 9.88. The third-order valence-corrected chi connectivity index (χ3v) is 18.4. The van der Waals surface area contributed by atoms with Gasteiger partial charge in [0.25, 0.3) is 11.4 Å². The van der Waals surface area contributed by atoms with Gasteiger partial charge in [0.1, 0.15) is 6.10 Å². The maximum atomic E-state index is 13.6. The van der Waals surface area contributed by atoms with Crippen LogP contribution in [-0.2, 0) is 56.8 Å². The number of ether oxygens (including phenoxy) is 3. The number of nitrogens with one attached hydrogen (secondary N) is 2. The molecule has 498 valence electrons. The van der Waals surface area contributed by atoms with E-state index in [1.54, 1.807) is 12.1 Å². The zero-order chi connectivity index (χ0) is 66.8. The van der Waals surface area contributed by atoms with Gasteiger partial charge >= 0.3 is 6.09 Å². The Kier molecular flexibility index (Phi) is 28.2. The SMILES string of the molecule is CC(C)(CCN(Cc1ccccc1)Cc1ccccc1)CNCC(O)[C@H](Cc1ccccc1)NC(=O)OC1COC2OCCC12.CC(C)CN(CC(C)(C)CCN(Cc1ccccc1)Cc1ccccc1)S(=O)(=O)c1ccc([N+](=O)[O-])cc1.Cc1ccc([N+](=O)[O-])cc1. The average molecular weight is 1290 g/mol. The van der Waals surface area contributed by atoms with E-state index in [0.29, 0.717) is 39.3 Å². The number of benzene rings is 7. The fourth-order valence-electron chi connectivity index (χ4n) is 11.3. The third-order valence-electron chi connectivity index (χ3n) is 16.6. The molecule has 0 spiro atoms. The van der Waals surface area contributed by atoms with E-state index in [9.17, 15) is 38.5 Å². The lowest BCUT2D eigenvalue weighted by Gasteiger charge is -2.35. The van der Waals surface area contributed by atoms with Gasteiger partial charge in [0.2, 0.25) is 10.0 Å². The summed E-state index contributed by atoms with van der Waals surface area (Å²) in [4.78, 5) is 38.2. The van der Waals surface area contributed by atoms with Gasteiger partial charge in [-0.15, -0.1) is 0 Å².